The fourth-order valence-corrected chi connectivity index (χ4v) is 7.90. The van der Waals surface area contributed by atoms with Crippen molar-refractivity contribution in [2.75, 3.05) is 47.5 Å². The van der Waals surface area contributed by atoms with E-state index < -0.39 is 10.8 Å². The molecule has 0 fully saturated rings. The van der Waals surface area contributed by atoms with E-state index in [1.54, 1.807) is 42.0 Å². The quantitative estimate of drug-likeness (QED) is 0.0806. The van der Waals surface area contributed by atoms with Crippen LogP contribution in [-0.4, -0.2) is 79.3 Å². The van der Waals surface area contributed by atoms with Crippen molar-refractivity contribution < 1.29 is 38.2 Å². The molecule has 61 heavy (non-hydrogen) atoms. The maximum atomic E-state index is 12.7. The Balaban J connectivity index is 0.000000209. The number of esters is 1. The molecule has 3 aliphatic rings. The number of aryl methyl sites for hydroxylation is 2. The Bertz CT molecular complexity index is 2130. The minimum absolute atomic E-state index is 0.0223. The first kappa shape index (κ1) is 49.6. The molecule has 3 aromatic carbocycles. The molecule has 3 aromatic rings. The molecular formula is C45H50Cl5N3O8. The summed E-state index contributed by atoms with van der Waals surface area (Å²) in [6, 6.07) is 18.1. The largest absolute Gasteiger partial charge is 0.489 e. The monoisotopic (exact) mass is 935 g/mol. The summed E-state index contributed by atoms with van der Waals surface area (Å²) in [7, 11) is 1.64. The van der Waals surface area contributed by atoms with Crippen molar-refractivity contribution in [2.24, 2.45) is 0 Å². The van der Waals surface area contributed by atoms with Gasteiger partial charge in [-0.25, -0.2) is 9.69 Å². The molecule has 2 unspecified atom stereocenters. The number of para-hydroxylation sites is 3. The predicted molar refractivity (Wildman–Crippen MR) is 244 cm³/mol. The van der Waals surface area contributed by atoms with E-state index in [-0.39, 0.29) is 53.2 Å². The summed E-state index contributed by atoms with van der Waals surface area (Å²) in [5.41, 5.74) is 5.97. The van der Waals surface area contributed by atoms with Gasteiger partial charge in [0.25, 0.3) is 17.7 Å². The van der Waals surface area contributed by atoms with Crippen LogP contribution in [0.3, 0.4) is 0 Å². The third kappa shape index (κ3) is 12.1. The number of rotatable bonds is 11. The molecule has 328 valence electrons. The number of hydrogen-bond donors (Lipinski definition) is 0. The molecular weight excluding hydrogens is 888 g/mol. The van der Waals surface area contributed by atoms with E-state index >= 15 is 0 Å². The van der Waals surface area contributed by atoms with E-state index in [1.807, 2.05) is 57.2 Å². The number of imide groups is 1. The van der Waals surface area contributed by atoms with E-state index in [1.165, 1.54) is 11.0 Å². The van der Waals surface area contributed by atoms with Crippen LogP contribution in [0.5, 0.6) is 5.75 Å². The van der Waals surface area contributed by atoms with Gasteiger partial charge in [0.2, 0.25) is 5.91 Å². The second-order valence-corrected chi connectivity index (χ2v) is 16.5. The molecule has 0 bridgehead atoms. The number of carbonyl (C=O) groups excluding carboxylic acids is 5. The van der Waals surface area contributed by atoms with Crippen molar-refractivity contribution in [3.05, 3.63) is 98.6 Å². The molecule has 0 spiro atoms. The van der Waals surface area contributed by atoms with Crippen molar-refractivity contribution >= 4 is 111 Å². The first-order valence-electron chi connectivity index (χ1n) is 19.8. The second-order valence-electron chi connectivity index (χ2n) is 14.3. The van der Waals surface area contributed by atoms with Crippen LogP contribution in [0.15, 0.2) is 76.8 Å². The summed E-state index contributed by atoms with van der Waals surface area (Å²) in [5.74, 6) is -0.964. The molecule has 11 nitrogen and oxygen atoms in total. The number of halogens is 5. The number of fused-ring (bicyclic) bond motifs is 1. The van der Waals surface area contributed by atoms with Gasteiger partial charge in [-0.2, -0.15) is 0 Å². The maximum Gasteiger partial charge on any atom is 0.349 e. The lowest BCUT2D eigenvalue weighted by molar-refractivity contribution is -0.137. The fraction of sp³-hybridized carbons (Fsp3) is 0.400. The minimum atomic E-state index is -1.05. The van der Waals surface area contributed by atoms with Gasteiger partial charge in [0.15, 0.2) is 4.84 Å². The van der Waals surface area contributed by atoms with Gasteiger partial charge in [-0.1, -0.05) is 83.7 Å². The van der Waals surface area contributed by atoms with E-state index in [4.69, 9.17) is 72.2 Å². The number of carbonyl (C=O) groups is 5. The van der Waals surface area contributed by atoms with Crippen molar-refractivity contribution in [2.45, 2.75) is 83.6 Å². The molecule has 2 heterocycles. The number of anilines is 3. The lowest BCUT2D eigenvalue weighted by atomic mass is 9.93. The number of methoxy groups -OCH3 is 1. The van der Waals surface area contributed by atoms with Crippen LogP contribution in [0.25, 0.3) is 6.08 Å². The zero-order chi connectivity index (χ0) is 45.0. The van der Waals surface area contributed by atoms with E-state index in [2.05, 4.69) is 13.0 Å². The highest BCUT2D eigenvalue weighted by atomic mass is 35.5. The number of hydrogen-bond acceptors (Lipinski definition) is 8. The van der Waals surface area contributed by atoms with Crippen LogP contribution in [0, 0.1) is 6.92 Å². The Kier molecular flexibility index (Phi) is 19.0. The Morgan fingerprint density at radius 3 is 2.23 bits per heavy atom. The summed E-state index contributed by atoms with van der Waals surface area (Å²) in [5, 5.41) is 0.204. The summed E-state index contributed by atoms with van der Waals surface area (Å²) in [6.45, 7) is 10.8. The fourth-order valence-electron chi connectivity index (χ4n) is 7.21. The molecule has 6 rings (SSSR count). The molecule has 0 saturated carbocycles. The van der Waals surface area contributed by atoms with E-state index in [9.17, 15) is 24.0 Å². The lowest BCUT2D eigenvalue weighted by Crippen LogP contribution is -2.47. The predicted octanol–water partition coefficient (Wildman–Crippen LogP) is 9.99. The van der Waals surface area contributed by atoms with Crippen molar-refractivity contribution in [1.82, 2.24) is 0 Å². The number of ether oxygens (including phenoxy) is 3. The van der Waals surface area contributed by atoms with Gasteiger partial charge in [-0.3, -0.25) is 19.2 Å². The molecule has 16 heteroatoms. The first-order valence-corrected chi connectivity index (χ1v) is 22.0. The van der Waals surface area contributed by atoms with Crippen molar-refractivity contribution in [1.29, 1.82) is 0 Å². The third-order valence-electron chi connectivity index (χ3n) is 10.0. The molecule has 4 amide bonds. The number of nitrogens with zero attached hydrogens (tertiary/aromatic N) is 3. The summed E-state index contributed by atoms with van der Waals surface area (Å²) in [4.78, 5) is 64.5. The van der Waals surface area contributed by atoms with Gasteiger partial charge in [0, 0.05) is 23.3 Å². The van der Waals surface area contributed by atoms with Gasteiger partial charge < -0.3 is 24.0 Å². The van der Waals surface area contributed by atoms with Gasteiger partial charge in [-0.05, 0) is 113 Å². The Morgan fingerprint density at radius 1 is 0.984 bits per heavy atom. The van der Waals surface area contributed by atoms with Crippen LogP contribution < -0.4 is 19.4 Å². The van der Waals surface area contributed by atoms with Crippen LogP contribution in [-0.2, 0) is 39.9 Å². The van der Waals surface area contributed by atoms with Crippen molar-refractivity contribution in [3.63, 3.8) is 0 Å². The summed E-state index contributed by atoms with van der Waals surface area (Å²) >= 11 is 29.1. The second kappa shape index (κ2) is 23.4. The number of alkyl halides is 3. The molecule has 0 saturated heterocycles. The highest BCUT2D eigenvalue weighted by molar-refractivity contribution is 6.54. The average molecular weight is 938 g/mol. The first-order chi connectivity index (χ1) is 29.1. The van der Waals surface area contributed by atoms with Gasteiger partial charge in [0.05, 0.1) is 42.4 Å². The minimum Gasteiger partial charge on any atom is -0.489 e. The van der Waals surface area contributed by atoms with E-state index in [0.29, 0.717) is 59.2 Å². The topological polar surface area (TPSA) is 123 Å². The Labute approximate surface area is 382 Å². The van der Waals surface area contributed by atoms with Gasteiger partial charge in [0.1, 0.15) is 23.3 Å². The standard InChI is InChI=1S/C19H17Cl2NO4.C15H22ClNO2.C11H11Cl2NO2/c1-2-26-19(25)16(21)10-11-9-12(7-8-15(11)20)22-17(23)13-5-3-4-6-14(13)18(22)24;1-5-13-8-6-7-11(2)15(13)17(14(18)9-16)12(3)10-19-4;1-7-6-16-9-5-3-2-4-8(9)14(7)11(15)10(12)13/h7-10H,2-6H2,1H3;6-8,12H,5,9-10H2,1-4H3;2-5,7,10H,6H2,1H3/b16-10-;;. The van der Waals surface area contributed by atoms with Crippen LogP contribution in [0.4, 0.5) is 17.1 Å². The zero-order valence-corrected chi connectivity index (χ0v) is 38.7. The molecule has 0 radical (unpaired) electrons. The Morgan fingerprint density at radius 2 is 1.64 bits per heavy atom. The third-order valence-corrected chi connectivity index (χ3v) is 11.2. The van der Waals surface area contributed by atoms with Gasteiger partial charge >= 0.3 is 5.97 Å². The lowest BCUT2D eigenvalue weighted by Gasteiger charge is -2.35. The number of amides is 4. The molecule has 2 aliphatic heterocycles. The zero-order valence-electron chi connectivity index (χ0n) is 34.9. The van der Waals surface area contributed by atoms with Crippen molar-refractivity contribution in [3.8, 4) is 5.75 Å². The smallest absolute Gasteiger partial charge is 0.349 e. The van der Waals surface area contributed by atoms with Crippen LogP contribution in [0.1, 0.15) is 70.1 Å². The Hall–Kier alpha value is -4.10. The molecule has 1 aliphatic carbocycles. The van der Waals surface area contributed by atoms with Crippen LogP contribution in [0.2, 0.25) is 5.02 Å². The normalized spacial score (nSPS) is 16.4. The van der Waals surface area contributed by atoms with E-state index in [0.717, 1.165) is 41.8 Å². The SMILES string of the molecule is CC1COc2ccccc2N1C(=O)C(Cl)Cl.CCOC(=O)/C(Cl)=C/c1cc(N2C(=O)C3=C(CCCC3)C2=O)ccc1Cl.CCc1cccc(C)c1N(C(=O)CCl)C(C)COC. The highest BCUT2D eigenvalue weighted by Gasteiger charge is 2.40. The van der Waals surface area contributed by atoms with Gasteiger partial charge in [-0.15, -0.1) is 11.6 Å². The summed E-state index contributed by atoms with van der Waals surface area (Å²) < 4.78 is 15.5. The maximum absolute atomic E-state index is 12.7. The highest BCUT2D eigenvalue weighted by Crippen LogP contribution is 2.38. The average Bonchev–Trinajstić information content (AvgIpc) is 3.50. The van der Waals surface area contributed by atoms with Crippen LogP contribution >= 0.6 is 58.0 Å². The molecule has 2 atom stereocenters. The number of benzene rings is 3. The molecule has 0 aromatic heterocycles. The summed E-state index contributed by atoms with van der Waals surface area (Å²) in [6.07, 6.45) is 5.33. The molecule has 0 N–H and O–H groups in total.